The number of hydrogen-bond donors (Lipinski definition) is 1. The molecule has 4 nitrogen and oxygen atoms in total. The van der Waals surface area contributed by atoms with Gasteiger partial charge in [-0.1, -0.05) is 6.92 Å². The Morgan fingerprint density at radius 3 is 2.44 bits per heavy atom. The van der Waals surface area contributed by atoms with E-state index in [2.05, 4.69) is 24.1 Å². The first-order valence-corrected chi connectivity index (χ1v) is 7.29. The molecule has 2 heterocycles. The van der Waals surface area contributed by atoms with E-state index >= 15 is 0 Å². The van der Waals surface area contributed by atoms with E-state index in [-0.39, 0.29) is 0 Å². The predicted octanol–water partition coefficient (Wildman–Crippen LogP) is 1.07. The minimum atomic E-state index is 0.302. The summed E-state index contributed by atoms with van der Waals surface area (Å²) in [5, 5.41) is 3.63. The van der Waals surface area contributed by atoms with Crippen LogP contribution in [0.25, 0.3) is 0 Å². The fourth-order valence-corrected chi connectivity index (χ4v) is 2.98. The van der Waals surface area contributed by atoms with Gasteiger partial charge in [0.05, 0.1) is 0 Å². The molecule has 18 heavy (non-hydrogen) atoms. The summed E-state index contributed by atoms with van der Waals surface area (Å²) in [5.41, 5.74) is 0.302. The molecule has 0 radical (unpaired) electrons. The Kier molecular flexibility index (Phi) is 4.28. The van der Waals surface area contributed by atoms with Gasteiger partial charge in [0.15, 0.2) is 0 Å². The third kappa shape index (κ3) is 3.23. The minimum Gasteiger partial charge on any atom is -0.340 e. The van der Waals surface area contributed by atoms with Gasteiger partial charge in [0.1, 0.15) is 0 Å². The van der Waals surface area contributed by atoms with E-state index in [1.165, 1.54) is 12.8 Å². The molecule has 4 heteroatoms. The van der Waals surface area contributed by atoms with Crippen LogP contribution in [0, 0.1) is 0 Å². The van der Waals surface area contributed by atoms with E-state index in [0.717, 1.165) is 32.7 Å². The third-order valence-electron chi connectivity index (χ3n) is 4.40. The standard InChI is InChI=1S/C14H27N3O/c1-4-13(18)17-9-7-16(8-10-17)12-5-6-14(2,3)15-11-12/h12,15H,4-11H2,1-3H3. The Balaban J connectivity index is 1.78. The number of piperidine rings is 1. The number of carbonyl (C=O) groups is 1. The average molecular weight is 253 g/mol. The molecule has 0 saturated carbocycles. The van der Waals surface area contributed by atoms with Crippen LogP contribution in [0.4, 0.5) is 0 Å². The van der Waals surface area contributed by atoms with Gasteiger partial charge in [-0.3, -0.25) is 9.69 Å². The summed E-state index contributed by atoms with van der Waals surface area (Å²) >= 11 is 0. The fourth-order valence-electron chi connectivity index (χ4n) is 2.98. The quantitative estimate of drug-likeness (QED) is 0.799. The largest absolute Gasteiger partial charge is 0.340 e. The van der Waals surface area contributed by atoms with Crippen LogP contribution in [-0.2, 0) is 4.79 Å². The van der Waals surface area contributed by atoms with Crippen molar-refractivity contribution in [2.24, 2.45) is 0 Å². The van der Waals surface area contributed by atoms with Gasteiger partial charge in [-0.15, -0.1) is 0 Å². The molecule has 2 rings (SSSR count). The lowest BCUT2D eigenvalue weighted by atomic mass is 9.90. The molecular weight excluding hydrogens is 226 g/mol. The molecule has 1 N–H and O–H groups in total. The SMILES string of the molecule is CCC(=O)N1CCN(C2CCC(C)(C)NC2)CC1. The number of carbonyl (C=O) groups excluding carboxylic acids is 1. The Morgan fingerprint density at radius 2 is 1.94 bits per heavy atom. The molecule has 0 aromatic rings. The molecule has 2 saturated heterocycles. The van der Waals surface area contributed by atoms with Gasteiger partial charge in [0, 0.05) is 50.7 Å². The summed E-state index contributed by atoms with van der Waals surface area (Å²) in [6, 6.07) is 0.664. The Bertz CT molecular complexity index is 285. The molecule has 1 atom stereocenters. The number of amides is 1. The van der Waals surface area contributed by atoms with Crippen LogP contribution in [0.1, 0.15) is 40.0 Å². The number of piperazine rings is 1. The van der Waals surface area contributed by atoms with Crippen molar-refractivity contribution in [2.75, 3.05) is 32.7 Å². The highest BCUT2D eigenvalue weighted by Gasteiger charge is 2.31. The maximum absolute atomic E-state index is 11.6. The summed E-state index contributed by atoms with van der Waals surface area (Å²) in [6.45, 7) is 11.5. The van der Waals surface area contributed by atoms with Crippen molar-refractivity contribution >= 4 is 5.91 Å². The van der Waals surface area contributed by atoms with E-state index in [9.17, 15) is 4.79 Å². The molecule has 2 aliphatic heterocycles. The molecular formula is C14H27N3O. The smallest absolute Gasteiger partial charge is 0.222 e. The minimum absolute atomic E-state index is 0.302. The van der Waals surface area contributed by atoms with Crippen LogP contribution in [0.15, 0.2) is 0 Å². The maximum atomic E-state index is 11.6. The van der Waals surface area contributed by atoms with E-state index in [0.29, 0.717) is 23.9 Å². The highest BCUT2D eigenvalue weighted by molar-refractivity contribution is 5.75. The van der Waals surface area contributed by atoms with E-state index in [1.54, 1.807) is 0 Å². The van der Waals surface area contributed by atoms with Gasteiger partial charge in [-0.05, 0) is 26.7 Å². The zero-order valence-electron chi connectivity index (χ0n) is 12.0. The first-order chi connectivity index (χ1) is 8.52. The molecule has 0 bridgehead atoms. The molecule has 0 spiro atoms. The summed E-state index contributed by atoms with van der Waals surface area (Å²) in [4.78, 5) is 16.2. The summed E-state index contributed by atoms with van der Waals surface area (Å²) in [6.07, 6.45) is 3.16. The van der Waals surface area contributed by atoms with Gasteiger partial charge in [-0.2, -0.15) is 0 Å². The van der Waals surface area contributed by atoms with Gasteiger partial charge in [0.2, 0.25) is 5.91 Å². The van der Waals surface area contributed by atoms with Crippen LogP contribution in [0.2, 0.25) is 0 Å². The second-order valence-corrected chi connectivity index (χ2v) is 6.23. The maximum Gasteiger partial charge on any atom is 0.222 e. The Labute approximate surface area is 111 Å². The number of hydrogen-bond acceptors (Lipinski definition) is 3. The van der Waals surface area contributed by atoms with Crippen LogP contribution in [0.5, 0.6) is 0 Å². The zero-order chi connectivity index (χ0) is 13.2. The first kappa shape index (κ1) is 13.8. The lowest BCUT2D eigenvalue weighted by Gasteiger charge is -2.44. The van der Waals surface area contributed by atoms with Gasteiger partial charge in [-0.25, -0.2) is 0 Å². The van der Waals surface area contributed by atoms with Crippen molar-refractivity contribution < 1.29 is 4.79 Å². The van der Waals surface area contributed by atoms with Crippen molar-refractivity contribution in [3.8, 4) is 0 Å². The third-order valence-corrected chi connectivity index (χ3v) is 4.40. The van der Waals surface area contributed by atoms with Crippen molar-refractivity contribution in [3.05, 3.63) is 0 Å². The molecule has 1 amide bonds. The average Bonchev–Trinajstić information content (AvgIpc) is 2.38. The Hall–Kier alpha value is -0.610. The van der Waals surface area contributed by atoms with E-state index in [4.69, 9.17) is 0 Å². The van der Waals surface area contributed by atoms with Gasteiger partial charge >= 0.3 is 0 Å². The molecule has 0 aromatic heterocycles. The molecule has 2 fully saturated rings. The molecule has 1 unspecified atom stereocenters. The molecule has 0 aliphatic carbocycles. The van der Waals surface area contributed by atoms with Crippen LogP contribution < -0.4 is 5.32 Å². The summed E-state index contributed by atoms with van der Waals surface area (Å²) < 4.78 is 0. The van der Waals surface area contributed by atoms with Crippen LogP contribution in [0.3, 0.4) is 0 Å². The van der Waals surface area contributed by atoms with Gasteiger partial charge in [0.25, 0.3) is 0 Å². The van der Waals surface area contributed by atoms with E-state index in [1.807, 2.05) is 11.8 Å². The summed E-state index contributed by atoms with van der Waals surface area (Å²) in [5.74, 6) is 0.303. The molecule has 2 aliphatic rings. The fraction of sp³-hybridized carbons (Fsp3) is 0.929. The summed E-state index contributed by atoms with van der Waals surface area (Å²) in [7, 11) is 0. The highest BCUT2D eigenvalue weighted by atomic mass is 16.2. The highest BCUT2D eigenvalue weighted by Crippen LogP contribution is 2.22. The van der Waals surface area contributed by atoms with Gasteiger partial charge < -0.3 is 10.2 Å². The molecule has 0 aromatic carbocycles. The van der Waals surface area contributed by atoms with Crippen LogP contribution >= 0.6 is 0 Å². The lowest BCUT2D eigenvalue weighted by Crippen LogP contribution is -2.58. The second-order valence-electron chi connectivity index (χ2n) is 6.23. The lowest BCUT2D eigenvalue weighted by molar-refractivity contribution is -0.133. The monoisotopic (exact) mass is 253 g/mol. The van der Waals surface area contributed by atoms with Crippen molar-refractivity contribution in [2.45, 2.75) is 51.6 Å². The first-order valence-electron chi connectivity index (χ1n) is 7.29. The van der Waals surface area contributed by atoms with Crippen molar-refractivity contribution in [1.29, 1.82) is 0 Å². The second kappa shape index (κ2) is 5.57. The number of nitrogens with one attached hydrogen (secondary N) is 1. The zero-order valence-corrected chi connectivity index (χ0v) is 12.0. The number of rotatable bonds is 2. The van der Waals surface area contributed by atoms with Crippen molar-refractivity contribution in [3.63, 3.8) is 0 Å². The number of nitrogens with zero attached hydrogens (tertiary/aromatic N) is 2. The van der Waals surface area contributed by atoms with Crippen molar-refractivity contribution in [1.82, 2.24) is 15.1 Å². The normalized spacial score (nSPS) is 29.3. The Morgan fingerprint density at radius 1 is 1.28 bits per heavy atom. The molecule has 104 valence electrons. The van der Waals surface area contributed by atoms with Crippen LogP contribution in [-0.4, -0.2) is 60.0 Å². The van der Waals surface area contributed by atoms with E-state index < -0.39 is 0 Å². The topological polar surface area (TPSA) is 35.6 Å². The predicted molar refractivity (Wildman–Crippen MR) is 73.5 cm³/mol.